The van der Waals surface area contributed by atoms with Crippen LogP contribution in [-0.2, 0) is 9.59 Å². The largest absolute Gasteiger partial charge is 0.497 e. The van der Waals surface area contributed by atoms with Gasteiger partial charge in [-0.3, -0.25) is 14.5 Å². The van der Waals surface area contributed by atoms with Crippen LogP contribution >= 0.6 is 15.9 Å². The lowest BCUT2D eigenvalue weighted by Gasteiger charge is -2.20. The van der Waals surface area contributed by atoms with Crippen molar-refractivity contribution in [3.8, 4) is 5.75 Å². The maximum Gasteiger partial charge on any atom is 0.244 e. The molecular weight excluding hydrogens is 472 g/mol. The molecule has 8 heteroatoms. The van der Waals surface area contributed by atoms with Crippen molar-refractivity contribution < 1.29 is 14.3 Å². The van der Waals surface area contributed by atoms with Gasteiger partial charge < -0.3 is 10.1 Å². The van der Waals surface area contributed by atoms with Crippen LogP contribution in [0.5, 0.6) is 5.75 Å². The minimum absolute atomic E-state index is 0.0490. The number of halogens is 1. The zero-order chi connectivity index (χ0) is 22.7. The van der Waals surface area contributed by atoms with Gasteiger partial charge in [0.25, 0.3) is 0 Å². The molecule has 2 amide bonds. The van der Waals surface area contributed by atoms with E-state index in [1.807, 2.05) is 43.3 Å². The molecule has 1 aliphatic rings. The molecular formula is C24H21BrN4O3. The highest BCUT2D eigenvalue weighted by atomic mass is 79.9. The van der Waals surface area contributed by atoms with Gasteiger partial charge >= 0.3 is 0 Å². The second-order valence-corrected chi connectivity index (χ2v) is 8.16. The van der Waals surface area contributed by atoms with E-state index >= 15 is 0 Å². The molecule has 0 bridgehead atoms. The first-order chi connectivity index (χ1) is 15.4. The molecule has 2 aromatic carbocycles. The summed E-state index contributed by atoms with van der Waals surface area (Å²) < 4.78 is 6.17. The Morgan fingerprint density at radius 3 is 2.69 bits per heavy atom. The number of fused-ring (bicyclic) bond motifs is 1. The number of aryl methyl sites for hydroxylation is 1. The highest BCUT2D eigenvalue weighted by Gasteiger charge is 2.27. The van der Waals surface area contributed by atoms with E-state index in [4.69, 9.17) is 9.73 Å². The number of aliphatic imine (C=N–C) groups is 1. The van der Waals surface area contributed by atoms with Crippen molar-refractivity contribution in [1.29, 1.82) is 0 Å². The summed E-state index contributed by atoms with van der Waals surface area (Å²) >= 11 is 3.45. The molecule has 162 valence electrons. The van der Waals surface area contributed by atoms with Crippen molar-refractivity contribution in [2.45, 2.75) is 13.3 Å². The highest BCUT2D eigenvalue weighted by Crippen LogP contribution is 2.31. The number of amides is 2. The van der Waals surface area contributed by atoms with Crippen LogP contribution in [0.4, 0.5) is 17.2 Å². The predicted octanol–water partition coefficient (Wildman–Crippen LogP) is 4.66. The molecule has 4 rings (SSSR count). The van der Waals surface area contributed by atoms with E-state index < -0.39 is 0 Å². The average molecular weight is 493 g/mol. The number of carbonyl (C=O) groups excluding carboxylic acids is 2. The Morgan fingerprint density at radius 2 is 1.97 bits per heavy atom. The van der Waals surface area contributed by atoms with Gasteiger partial charge in [-0.05, 0) is 72.6 Å². The SMILES string of the molecule is COc1ccc(C2=Nc3cccnc3N(CC(=O)Nc3ccc(Br)c(C)c3)C(=O)C2)cc1. The number of carbonyl (C=O) groups is 2. The van der Waals surface area contributed by atoms with Crippen molar-refractivity contribution in [3.05, 3.63) is 76.4 Å². The molecule has 0 spiro atoms. The van der Waals surface area contributed by atoms with Crippen LogP contribution in [0.1, 0.15) is 17.5 Å². The van der Waals surface area contributed by atoms with Gasteiger partial charge in [0, 0.05) is 16.4 Å². The zero-order valence-corrected chi connectivity index (χ0v) is 19.2. The number of pyridine rings is 1. The summed E-state index contributed by atoms with van der Waals surface area (Å²) in [5.74, 6) is 0.518. The average Bonchev–Trinajstić information content (AvgIpc) is 2.93. The molecule has 0 saturated carbocycles. The van der Waals surface area contributed by atoms with Crippen molar-refractivity contribution in [1.82, 2.24) is 4.98 Å². The zero-order valence-electron chi connectivity index (χ0n) is 17.6. The van der Waals surface area contributed by atoms with E-state index in [1.165, 1.54) is 4.90 Å². The van der Waals surface area contributed by atoms with Gasteiger partial charge in [-0.2, -0.15) is 0 Å². The lowest BCUT2D eigenvalue weighted by molar-refractivity contribution is -0.120. The van der Waals surface area contributed by atoms with Crippen molar-refractivity contribution in [2.24, 2.45) is 4.99 Å². The quantitative estimate of drug-likeness (QED) is 0.561. The summed E-state index contributed by atoms with van der Waals surface area (Å²) in [5.41, 5.74) is 3.62. The van der Waals surface area contributed by atoms with E-state index in [0.29, 0.717) is 22.9 Å². The lowest BCUT2D eigenvalue weighted by atomic mass is 10.1. The van der Waals surface area contributed by atoms with Crippen LogP contribution < -0.4 is 15.0 Å². The summed E-state index contributed by atoms with van der Waals surface area (Å²) in [4.78, 5) is 36.4. The number of ether oxygens (including phenoxy) is 1. The molecule has 0 saturated heterocycles. The standard InChI is InChI=1S/C24H21BrN4O3/c1-15-12-17(7-10-19(15)25)27-22(30)14-29-23(31)13-21(16-5-8-18(32-2)9-6-16)28-20-4-3-11-26-24(20)29/h3-12H,13-14H2,1-2H3,(H,27,30). The molecule has 2 heterocycles. The molecule has 0 radical (unpaired) electrons. The van der Waals surface area contributed by atoms with Crippen molar-refractivity contribution >= 4 is 50.6 Å². The molecule has 0 aliphatic carbocycles. The monoisotopic (exact) mass is 492 g/mol. The van der Waals surface area contributed by atoms with Gasteiger partial charge in [0.1, 0.15) is 18.0 Å². The number of benzene rings is 2. The summed E-state index contributed by atoms with van der Waals surface area (Å²) in [5, 5.41) is 2.85. The van der Waals surface area contributed by atoms with Crippen LogP contribution in [-0.4, -0.2) is 36.2 Å². The van der Waals surface area contributed by atoms with E-state index in [2.05, 4.69) is 26.2 Å². The summed E-state index contributed by atoms with van der Waals surface area (Å²) in [6, 6.07) is 16.4. The van der Waals surface area contributed by atoms with Gasteiger partial charge in [-0.1, -0.05) is 15.9 Å². The fourth-order valence-electron chi connectivity index (χ4n) is 3.41. The first kappa shape index (κ1) is 21.7. The summed E-state index contributed by atoms with van der Waals surface area (Å²) in [6.45, 7) is 1.78. The van der Waals surface area contributed by atoms with Crippen LogP contribution in [0, 0.1) is 6.92 Å². The maximum absolute atomic E-state index is 13.2. The first-order valence-electron chi connectivity index (χ1n) is 9.98. The van der Waals surface area contributed by atoms with Gasteiger partial charge in [0.05, 0.1) is 19.2 Å². The van der Waals surface area contributed by atoms with E-state index in [1.54, 1.807) is 31.5 Å². The smallest absolute Gasteiger partial charge is 0.244 e. The Morgan fingerprint density at radius 1 is 1.19 bits per heavy atom. The van der Waals surface area contributed by atoms with Crippen LogP contribution in [0.3, 0.4) is 0 Å². The second-order valence-electron chi connectivity index (χ2n) is 7.30. The molecule has 32 heavy (non-hydrogen) atoms. The molecule has 1 aliphatic heterocycles. The molecule has 1 N–H and O–H groups in total. The summed E-state index contributed by atoms with van der Waals surface area (Å²) in [6.07, 6.45) is 1.64. The third-order valence-corrected chi connectivity index (χ3v) is 5.95. The van der Waals surface area contributed by atoms with E-state index in [0.717, 1.165) is 21.3 Å². The Balaban J connectivity index is 1.59. The molecule has 0 atom stereocenters. The number of nitrogens with zero attached hydrogens (tertiary/aromatic N) is 3. The number of hydrogen-bond donors (Lipinski definition) is 1. The van der Waals surface area contributed by atoms with Crippen LogP contribution in [0.2, 0.25) is 0 Å². The second kappa shape index (κ2) is 9.32. The number of hydrogen-bond acceptors (Lipinski definition) is 5. The van der Waals surface area contributed by atoms with Crippen LogP contribution in [0.25, 0.3) is 0 Å². The third kappa shape index (κ3) is 4.70. The number of rotatable bonds is 5. The van der Waals surface area contributed by atoms with E-state index in [9.17, 15) is 9.59 Å². The van der Waals surface area contributed by atoms with E-state index in [-0.39, 0.29) is 24.8 Å². The molecule has 7 nitrogen and oxygen atoms in total. The lowest BCUT2D eigenvalue weighted by Crippen LogP contribution is -2.39. The highest BCUT2D eigenvalue weighted by molar-refractivity contribution is 9.10. The maximum atomic E-state index is 13.2. The Bertz CT molecular complexity index is 1210. The fraction of sp³-hybridized carbons (Fsp3) is 0.167. The number of aromatic nitrogens is 1. The van der Waals surface area contributed by atoms with Gasteiger partial charge in [0.15, 0.2) is 5.82 Å². The minimum Gasteiger partial charge on any atom is -0.497 e. The normalized spacial score (nSPS) is 13.2. The Hall–Kier alpha value is -3.52. The predicted molar refractivity (Wildman–Crippen MR) is 128 cm³/mol. The number of nitrogens with one attached hydrogen (secondary N) is 1. The van der Waals surface area contributed by atoms with Crippen LogP contribution in [0.15, 0.2) is 70.3 Å². The number of methoxy groups -OCH3 is 1. The Kier molecular flexibility index (Phi) is 6.32. The molecule has 3 aromatic rings. The first-order valence-corrected chi connectivity index (χ1v) is 10.8. The topological polar surface area (TPSA) is 83.9 Å². The van der Waals surface area contributed by atoms with Crippen molar-refractivity contribution in [3.63, 3.8) is 0 Å². The fourth-order valence-corrected chi connectivity index (χ4v) is 3.65. The van der Waals surface area contributed by atoms with Crippen molar-refractivity contribution in [2.75, 3.05) is 23.9 Å². The molecule has 0 fully saturated rings. The number of anilines is 2. The third-order valence-electron chi connectivity index (χ3n) is 5.06. The Labute approximate surface area is 194 Å². The molecule has 1 aromatic heterocycles. The van der Waals surface area contributed by atoms with Gasteiger partial charge in [0.2, 0.25) is 11.8 Å². The van der Waals surface area contributed by atoms with Gasteiger partial charge in [-0.15, -0.1) is 0 Å². The minimum atomic E-state index is -0.315. The summed E-state index contributed by atoms with van der Waals surface area (Å²) in [7, 11) is 1.60. The van der Waals surface area contributed by atoms with Gasteiger partial charge in [-0.25, -0.2) is 9.98 Å². The molecule has 0 unspecified atom stereocenters.